The largest absolute Gasteiger partial charge is 0.260 e. The van der Waals surface area contributed by atoms with Gasteiger partial charge in [-0.1, -0.05) is 27.2 Å². The van der Waals surface area contributed by atoms with E-state index >= 15 is 0 Å². The van der Waals surface area contributed by atoms with Gasteiger partial charge in [0.15, 0.2) is 0 Å². The maximum absolute atomic E-state index is 11.6. The number of hydrogen-bond acceptors (Lipinski definition) is 1. The van der Waals surface area contributed by atoms with Crippen molar-refractivity contribution in [2.24, 2.45) is 17.8 Å². The highest BCUT2D eigenvalue weighted by molar-refractivity contribution is 7.84. The SMILES string of the molecule is CC1CCC(C(C)C)C(S(C)=O)C1. The van der Waals surface area contributed by atoms with Crippen molar-refractivity contribution in [3.05, 3.63) is 0 Å². The monoisotopic (exact) mass is 202 g/mol. The van der Waals surface area contributed by atoms with Crippen LogP contribution in [-0.2, 0) is 10.8 Å². The predicted molar refractivity (Wildman–Crippen MR) is 59.2 cm³/mol. The smallest absolute Gasteiger partial charge is 0.0378 e. The lowest BCUT2D eigenvalue weighted by molar-refractivity contribution is 0.241. The summed E-state index contributed by atoms with van der Waals surface area (Å²) >= 11 is 0. The standard InChI is InChI=1S/C11H22OS/c1-8(2)10-6-5-9(3)7-11(10)13(4)12/h8-11H,5-7H2,1-4H3. The molecule has 0 aromatic rings. The van der Waals surface area contributed by atoms with Gasteiger partial charge >= 0.3 is 0 Å². The lowest BCUT2D eigenvalue weighted by Crippen LogP contribution is -2.34. The normalized spacial score (nSPS) is 37.8. The van der Waals surface area contributed by atoms with Gasteiger partial charge in [-0.3, -0.25) is 4.21 Å². The molecule has 0 amide bonds. The van der Waals surface area contributed by atoms with Crippen molar-refractivity contribution in [2.75, 3.05) is 6.26 Å². The van der Waals surface area contributed by atoms with Crippen LogP contribution < -0.4 is 0 Å². The topological polar surface area (TPSA) is 17.1 Å². The molecular formula is C11H22OS. The van der Waals surface area contributed by atoms with Crippen molar-refractivity contribution in [3.63, 3.8) is 0 Å². The van der Waals surface area contributed by atoms with Crippen LogP contribution >= 0.6 is 0 Å². The third kappa shape index (κ3) is 2.80. The van der Waals surface area contributed by atoms with Crippen LogP contribution in [-0.4, -0.2) is 15.7 Å². The van der Waals surface area contributed by atoms with Gasteiger partial charge in [0.1, 0.15) is 0 Å². The third-order valence-electron chi connectivity index (χ3n) is 3.39. The van der Waals surface area contributed by atoms with Gasteiger partial charge in [-0.2, -0.15) is 0 Å². The maximum Gasteiger partial charge on any atom is 0.0378 e. The minimum Gasteiger partial charge on any atom is -0.260 e. The summed E-state index contributed by atoms with van der Waals surface area (Å²) in [4.78, 5) is 0. The molecule has 1 aliphatic rings. The molecule has 0 heterocycles. The highest BCUT2D eigenvalue weighted by atomic mass is 32.2. The first-order valence-electron chi connectivity index (χ1n) is 5.34. The van der Waals surface area contributed by atoms with Crippen LogP contribution in [0.15, 0.2) is 0 Å². The quantitative estimate of drug-likeness (QED) is 0.673. The summed E-state index contributed by atoms with van der Waals surface area (Å²) in [6.07, 6.45) is 5.66. The molecule has 1 fully saturated rings. The van der Waals surface area contributed by atoms with E-state index < -0.39 is 10.8 Å². The van der Waals surface area contributed by atoms with Crippen molar-refractivity contribution in [1.82, 2.24) is 0 Å². The lowest BCUT2D eigenvalue weighted by Gasteiger charge is -2.35. The van der Waals surface area contributed by atoms with Gasteiger partial charge in [0.25, 0.3) is 0 Å². The van der Waals surface area contributed by atoms with Crippen LogP contribution in [0.5, 0.6) is 0 Å². The van der Waals surface area contributed by atoms with Crippen molar-refractivity contribution >= 4 is 10.8 Å². The second kappa shape index (κ2) is 4.59. The first kappa shape index (κ1) is 11.2. The van der Waals surface area contributed by atoms with Crippen molar-refractivity contribution in [2.45, 2.75) is 45.3 Å². The molecule has 0 N–H and O–H groups in total. The fourth-order valence-electron chi connectivity index (χ4n) is 2.50. The Morgan fingerprint density at radius 3 is 2.38 bits per heavy atom. The molecule has 4 atom stereocenters. The second-order valence-corrected chi connectivity index (χ2v) is 6.47. The first-order chi connectivity index (χ1) is 6.02. The van der Waals surface area contributed by atoms with E-state index in [0.29, 0.717) is 17.1 Å². The molecule has 0 aliphatic heterocycles. The van der Waals surface area contributed by atoms with Gasteiger partial charge in [0.05, 0.1) is 0 Å². The van der Waals surface area contributed by atoms with E-state index in [-0.39, 0.29) is 0 Å². The molecule has 0 spiro atoms. The molecule has 0 bridgehead atoms. The van der Waals surface area contributed by atoms with Crippen molar-refractivity contribution in [3.8, 4) is 0 Å². The van der Waals surface area contributed by atoms with Crippen LogP contribution in [0, 0.1) is 17.8 Å². The summed E-state index contributed by atoms with van der Waals surface area (Å²) in [5, 5.41) is 0.462. The summed E-state index contributed by atoms with van der Waals surface area (Å²) in [5.41, 5.74) is 0. The Morgan fingerprint density at radius 2 is 1.92 bits per heavy atom. The molecule has 2 heteroatoms. The number of hydrogen-bond donors (Lipinski definition) is 0. The van der Waals surface area contributed by atoms with Crippen LogP contribution in [0.25, 0.3) is 0 Å². The molecule has 1 nitrogen and oxygen atoms in total. The van der Waals surface area contributed by atoms with Crippen LogP contribution in [0.4, 0.5) is 0 Å². The van der Waals surface area contributed by atoms with Gasteiger partial charge in [0.2, 0.25) is 0 Å². The Kier molecular flexibility index (Phi) is 3.96. The van der Waals surface area contributed by atoms with Crippen molar-refractivity contribution in [1.29, 1.82) is 0 Å². The molecule has 0 aromatic heterocycles. The summed E-state index contributed by atoms with van der Waals surface area (Å²) in [7, 11) is -0.623. The maximum atomic E-state index is 11.6. The van der Waals surface area contributed by atoms with Crippen LogP contribution in [0.2, 0.25) is 0 Å². The van der Waals surface area contributed by atoms with Gasteiger partial charge in [-0.05, 0) is 30.6 Å². The first-order valence-corrected chi connectivity index (χ1v) is 6.96. The van der Waals surface area contributed by atoms with Gasteiger partial charge in [-0.25, -0.2) is 0 Å². The zero-order valence-corrected chi connectivity index (χ0v) is 10.1. The molecule has 78 valence electrons. The Morgan fingerprint density at radius 1 is 1.31 bits per heavy atom. The fourth-order valence-corrected chi connectivity index (χ4v) is 4.04. The molecule has 4 unspecified atom stereocenters. The summed E-state index contributed by atoms with van der Waals surface area (Å²) in [6, 6.07) is 0. The van der Waals surface area contributed by atoms with Gasteiger partial charge in [-0.15, -0.1) is 0 Å². The van der Waals surface area contributed by atoms with Gasteiger partial charge < -0.3 is 0 Å². The average Bonchev–Trinajstić information content (AvgIpc) is 2.03. The Hall–Kier alpha value is 0.150. The Labute approximate surface area is 84.8 Å². The van der Waals surface area contributed by atoms with E-state index in [2.05, 4.69) is 20.8 Å². The van der Waals surface area contributed by atoms with E-state index in [0.717, 1.165) is 5.92 Å². The lowest BCUT2D eigenvalue weighted by atomic mass is 9.77. The minimum atomic E-state index is -0.623. The highest BCUT2D eigenvalue weighted by Crippen LogP contribution is 2.35. The molecule has 13 heavy (non-hydrogen) atoms. The minimum absolute atomic E-state index is 0.462. The van der Waals surface area contributed by atoms with E-state index in [1.54, 1.807) is 0 Å². The predicted octanol–water partition coefficient (Wildman–Crippen LogP) is 2.83. The molecule has 0 saturated heterocycles. The zero-order valence-electron chi connectivity index (χ0n) is 9.25. The highest BCUT2D eigenvalue weighted by Gasteiger charge is 2.32. The van der Waals surface area contributed by atoms with E-state index in [9.17, 15) is 4.21 Å². The molecule has 1 saturated carbocycles. The molecule has 0 radical (unpaired) electrons. The van der Waals surface area contributed by atoms with E-state index in [4.69, 9.17) is 0 Å². The number of rotatable bonds is 2. The van der Waals surface area contributed by atoms with Crippen LogP contribution in [0.3, 0.4) is 0 Å². The average molecular weight is 202 g/mol. The summed E-state index contributed by atoms with van der Waals surface area (Å²) in [5.74, 6) is 2.17. The molecule has 0 aromatic carbocycles. The Bertz CT molecular complexity index is 189. The van der Waals surface area contributed by atoms with Crippen LogP contribution in [0.1, 0.15) is 40.0 Å². The summed E-state index contributed by atoms with van der Waals surface area (Å²) in [6.45, 7) is 6.82. The third-order valence-corrected chi connectivity index (χ3v) is 4.78. The molecular weight excluding hydrogens is 180 g/mol. The molecule has 1 aliphatic carbocycles. The van der Waals surface area contributed by atoms with E-state index in [1.807, 2.05) is 6.26 Å². The molecule has 1 rings (SSSR count). The second-order valence-electron chi connectivity index (χ2n) is 4.86. The van der Waals surface area contributed by atoms with E-state index in [1.165, 1.54) is 19.3 Å². The fraction of sp³-hybridized carbons (Fsp3) is 1.00. The Balaban J connectivity index is 2.66. The van der Waals surface area contributed by atoms with Gasteiger partial charge in [0, 0.05) is 22.3 Å². The van der Waals surface area contributed by atoms with Crippen molar-refractivity contribution < 1.29 is 4.21 Å². The zero-order chi connectivity index (χ0) is 10.0. The summed E-state index contributed by atoms with van der Waals surface area (Å²) < 4.78 is 11.6.